The third-order valence-corrected chi connectivity index (χ3v) is 5.94. The Labute approximate surface area is 212 Å². The van der Waals surface area contributed by atoms with E-state index in [0.717, 1.165) is 36.3 Å². The fraction of sp³-hybridized carbons (Fsp3) is 0.267. The number of esters is 1. The van der Waals surface area contributed by atoms with Crippen LogP contribution in [0.25, 0.3) is 11.1 Å². The fourth-order valence-corrected chi connectivity index (χ4v) is 4.03. The monoisotopic (exact) mass is 484 g/mol. The number of hydrogen-bond acceptors (Lipinski definition) is 6. The van der Waals surface area contributed by atoms with E-state index in [1.165, 1.54) is 18.1 Å². The minimum Gasteiger partial charge on any atom is -0.490 e. The molecule has 6 heteroatoms. The van der Waals surface area contributed by atoms with E-state index in [1.54, 1.807) is 12.1 Å². The summed E-state index contributed by atoms with van der Waals surface area (Å²) in [6.07, 6.45) is 5.45. The van der Waals surface area contributed by atoms with E-state index in [4.69, 9.17) is 14.3 Å². The van der Waals surface area contributed by atoms with E-state index in [9.17, 15) is 4.79 Å². The Bertz CT molecular complexity index is 1200. The van der Waals surface area contributed by atoms with Crippen LogP contribution in [-0.4, -0.2) is 49.4 Å². The van der Waals surface area contributed by atoms with Crippen LogP contribution in [0.1, 0.15) is 24.5 Å². The van der Waals surface area contributed by atoms with Gasteiger partial charge in [0, 0.05) is 37.7 Å². The summed E-state index contributed by atoms with van der Waals surface area (Å²) in [6.45, 7) is 6.46. The van der Waals surface area contributed by atoms with Gasteiger partial charge in [0.05, 0.1) is 0 Å². The molecule has 0 aliphatic carbocycles. The van der Waals surface area contributed by atoms with Gasteiger partial charge in [-0.05, 0) is 36.6 Å². The number of ether oxygens (including phenoxy) is 2. The van der Waals surface area contributed by atoms with Crippen LogP contribution >= 0.6 is 0 Å². The SMILES string of the molecule is CC(=O)Oc1cccc(OCCON=C(CN2CC=CCC2)c2ccc(-c3ccccc3)cc2)c1C. The second-order valence-electron chi connectivity index (χ2n) is 8.63. The van der Waals surface area contributed by atoms with Crippen molar-refractivity contribution in [1.82, 2.24) is 4.90 Å². The second-order valence-corrected chi connectivity index (χ2v) is 8.63. The minimum absolute atomic E-state index is 0.294. The third kappa shape index (κ3) is 7.06. The van der Waals surface area contributed by atoms with Crippen LogP contribution in [0, 0.1) is 6.92 Å². The van der Waals surface area contributed by atoms with Gasteiger partial charge in [-0.1, -0.05) is 78.0 Å². The molecule has 0 saturated heterocycles. The normalized spacial score (nSPS) is 13.9. The largest absolute Gasteiger partial charge is 0.490 e. The van der Waals surface area contributed by atoms with Crippen molar-refractivity contribution in [3.8, 4) is 22.6 Å². The first-order valence-corrected chi connectivity index (χ1v) is 12.2. The van der Waals surface area contributed by atoms with Crippen LogP contribution in [0.4, 0.5) is 0 Å². The van der Waals surface area contributed by atoms with Crippen molar-refractivity contribution in [2.75, 3.05) is 32.8 Å². The van der Waals surface area contributed by atoms with Crippen molar-refractivity contribution >= 4 is 11.7 Å². The molecule has 0 unspecified atom stereocenters. The van der Waals surface area contributed by atoms with Crippen LogP contribution in [-0.2, 0) is 9.63 Å². The van der Waals surface area contributed by atoms with Crippen LogP contribution in [0.5, 0.6) is 11.5 Å². The lowest BCUT2D eigenvalue weighted by Crippen LogP contribution is -2.33. The van der Waals surface area contributed by atoms with Gasteiger partial charge < -0.3 is 14.3 Å². The van der Waals surface area contributed by atoms with Gasteiger partial charge in [0.25, 0.3) is 0 Å². The average Bonchev–Trinajstić information content (AvgIpc) is 2.91. The lowest BCUT2D eigenvalue weighted by Gasteiger charge is -2.23. The molecule has 1 heterocycles. The van der Waals surface area contributed by atoms with E-state index in [1.807, 2.05) is 31.2 Å². The Morgan fingerprint density at radius 1 is 0.889 bits per heavy atom. The molecular formula is C30H32N2O4. The maximum Gasteiger partial charge on any atom is 0.308 e. The maximum atomic E-state index is 11.3. The molecule has 0 fully saturated rings. The Morgan fingerprint density at radius 2 is 1.64 bits per heavy atom. The number of carbonyl (C=O) groups is 1. The molecule has 0 radical (unpaired) electrons. The van der Waals surface area contributed by atoms with Crippen LogP contribution in [0.3, 0.4) is 0 Å². The molecule has 186 valence electrons. The number of oxime groups is 1. The highest BCUT2D eigenvalue weighted by atomic mass is 16.6. The first-order valence-electron chi connectivity index (χ1n) is 12.2. The first kappa shape index (κ1) is 25.2. The van der Waals surface area contributed by atoms with E-state index >= 15 is 0 Å². The average molecular weight is 485 g/mol. The van der Waals surface area contributed by atoms with Crippen molar-refractivity contribution in [2.45, 2.75) is 20.3 Å². The number of benzene rings is 3. The van der Waals surface area contributed by atoms with Crippen LogP contribution in [0.15, 0.2) is 90.1 Å². The summed E-state index contributed by atoms with van der Waals surface area (Å²) in [4.78, 5) is 19.3. The maximum absolute atomic E-state index is 11.3. The van der Waals surface area contributed by atoms with E-state index in [-0.39, 0.29) is 5.97 Å². The molecule has 1 aliphatic heterocycles. The summed E-state index contributed by atoms with van der Waals surface area (Å²) in [5.74, 6) is 0.787. The molecule has 4 rings (SSSR count). The predicted molar refractivity (Wildman–Crippen MR) is 143 cm³/mol. The highest BCUT2D eigenvalue weighted by Crippen LogP contribution is 2.27. The summed E-state index contributed by atoms with van der Waals surface area (Å²) in [7, 11) is 0. The van der Waals surface area contributed by atoms with Gasteiger partial charge >= 0.3 is 5.97 Å². The van der Waals surface area contributed by atoms with Gasteiger partial charge in [-0.2, -0.15) is 0 Å². The number of rotatable bonds is 10. The van der Waals surface area contributed by atoms with Gasteiger partial charge in [-0.3, -0.25) is 9.69 Å². The summed E-state index contributed by atoms with van der Waals surface area (Å²) >= 11 is 0. The zero-order chi connectivity index (χ0) is 25.2. The molecule has 0 saturated carbocycles. The summed E-state index contributed by atoms with van der Waals surface area (Å²) in [5.41, 5.74) is 5.05. The molecule has 3 aromatic carbocycles. The summed E-state index contributed by atoms with van der Waals surface area (Å²) in [5, 5.41) is 4.50. The molecule has 3 aromatic rings. The summed E-state index contributed by atoms with van der Waals surface area (Å²) < 4.78 is 11.1. The molecule has 0 aromatic heterocycles. The van der Waals surface area contributed by atoms with E-state index in [2.05, 4.69) is 58.6 Å². The van der Waals surface area contributed by atoms with E-state index < -0.39 is 0 Å². The molecule has 0 N–H and O–H groups in total. The molecule has 0 atom stereocenters. The van der Waals surface area contributed by atoms with Crippen molar-refractivity contribution in [2.24, 2.45) is 5.16 Å². The number of carbonyl (C=O) groups excluding carboxylic acids is 1. The van der Waals surface area contributed by atoms with Crippen molar-refractivity contribution in [3.05, 3.63) is 96.1 Å². The molecule has 1 aliphatic rings. The number of hydrogen-bond donors (Lipinski definition) is 0. The zero-order valence-corrected chi connectivity index (χ0v) is 20.9. The minimum atomic E-state index is -0.360. The molecule has 6 nitrogen and oxygen atoms in total. The van der Waals surface area contributed by atoms with Gasteiger partial charge in [-0.15, -0.1) is 0 Å². The van der Waals surface area contributed by atoms with E-state index in [0.29, 0.717) is 31.3 Å². The van der Waals surface area contributed by atoms with Gasteiger partial charge in [-0.25, -0.2) is 0 Å². The topological polar surface area (TPSA) is 60.4 Å². The zero-order valence-electron chi connectivity index (χ0n) is 20.9. The Morgan fingerprint density at radius 3 is 2.36 bits per heavy atom. The molecule has 0 bridgehead atoms. The fourth-order valence-electron chi connectivity index (χ4n) is 4.03. The Hall–Kier alpha value is -3.90. The summed E-state index contributed by atoms with van der Waals surface area (Å²) in [6, 6.07) is 24.2. The smallest absolute Gasteiger partial charge is 0.308 e. The van der Waals surface area contributed by atoms with Gasteiger partial charge in [0.2, 0.25) is 0 Å². The molecule has 36 heavy (non-hydrogen) atoms. The van der Waals surface area contributed by atoms with Crippen LogP contribution < -0.4 is 9.47 Å². The Balaban J connectivity index is 1.40. The van der Waals surface area contributed by atoms with Crippen LogP contribution in [0.2, 0.25) is 0 Å². The quantitative estimate of drug-likeness (QED) is 0.0930. The third-order valence-electron chi connectivity index (χ3n) is 5.94. The van der Waals surface area contributed by atoms with Gasteiger partial charge in [0.15, 0.2) is 6.61 Å². The lowest BCUT2D eigenvalue weighted by atomic mass is 10.0. The van der Waals surface area contributed by atoms with Crippen molar-refractivity contribution < 1.29 is 19.1 Å². The van der Waals surface area contributed by atoms with Gasteiger partial charge in [0.1, 0.15) is 23.8 Å². The standard InChI is InChI=1S/C30H32N2O4/c1-23-29(12-9-13-30(23)36-24(2)33)34-20-21-35-31-28(22-32-18-7-4-8-19-32)27-16-14-26(15-17-27)25-10-5-3-6-11-25/h3-7,9-17H,8,18-22H2,1-2H3. The number of nitrogens with zero attached hydrogens (tertiary/aromatic N) is 2. The predicted octanol–water partition coefficient (Wildman–Crippen LogP) is 5.65. The highest BCUT2D eigenvalue weighted by Gasteiger charge is 2.13. The molecule has 0 amide bonds. The lowest BCUT2D eigenvalue weighted by molar-refractivity contribution is -0.131. The van der Waals surface area contributed by atoms with Crippen molar-refractivity contribution in [3.63, 3.8) is 0 Å². The first-order chi connectivity index (χ1) is 17.6. The molecular weight excluding hydrogens is 452 g/mol. The highest BCUT2D eigenvalue weighted by molar-refractivity contribution is 6.02. The van der Waals surface area contributed by atoms with Crippen molar-refractivity contribution in [1.29, 1.82) is 0 Å². The second kappa shape index (κ2) is 12.7. The Kier molecular flexibility index (Phi) is 8.89. The molecule has 0 spiro atoms.